The Morgan fingerprint density at radius 2 is 1.69 bits per heavy atom. The predicted octanol–water partition coefficient (Wildman–Crippen LogP) is 4.93. The summed E-state index contributed by atoms with van der Waals surface area (Å²) in [7, 11) is 0. The van der Waals surface area contributed by atoms with Crippen LogP contribution in [0, 0.1) is 13.8 Å². The average molecular weight is 490 g/mol. The van der Waals surface area contributed by atoms with Gasteiger partial charge in [-0.1, -0.05) is 66.9 Å². The van der Waals surface area contributed by atoms with Crippen LogP contribution in [0.3, 0.4) is 0 Å². The highest BCUT2D eigenvalue weighted by molar-refractivity contribution is 7.12. The second-order valence-electron chi connectivity index (χ2n) is 9.01. The Bertz CT molecular complexity index is 1170. The van der Waals surface area contributed by atoms with Crippen molar-refractivity contribution in [2.45, 2.75) is 51.6 Å². The van der Waals surface area contributed by atoms with E-state index >= 15 is 0 Å². The van der Waals surface area contributed by atoms with Crippen molar-refractivity contribution in [2.24, 2.45) is 0 Å². The molecule has 1 atom stereocenters. The largest absolute Gasteiger partial charge is 0.351 e. The Morgan fingerprint density at radius 3 is 2.34 bits per heavy atom. The summed E-state index contributed by atoms with van der Waals surface area (Å²) in [5.74, 6) is -0.862. The molecule has 35 heavy (non-hydrogen) atoms. The van der Waals surface area contributed by atoms with Crippen molar-refractivity contribution < 1.29 is 14.4 Å². The summed E-state index contributed by atoms with van der Waals surface area (Å²) >= 11 is 1.32. The molecule has 6 nitrogen and oxygen atoms in total. The minimum Gasteiger partial charge on any atom is -0.351 e. The fourth-order valence-electron chi connectivity index (χ4n) is 4.50. The molecule has 1 fully saturated rings. The molecule has 2 aromatic carbocycles. The summed E-state index contributed by atoms with van der Waals surface area (Å²) in [6, 6.07) is 18.0. The van der Waals surface area contributed by atoms with Gasteiger partial charge in [0.15, 0.2) is 0 Å². The lowest BCUT2D eigenvalue weighted by atomic mass is 10.00. The molecular weight excluding hydrogens is 458 g/mol. The third-order valence-electron chi connectivity index (χ3n) is 6.39. The van der Waals surface area contributed by atoms with Crippen molar-refractivity contribution in [3.8, 4) is 0 Å². The van der Waals surface area contributed by atoms with Crippen LogP contribution < -0.4 is 15.5 Å². The quantitative estimate of drug-likeness (QED) is 0.471. The van der Waals surface area contributed by atoms with Crippen molar-refractivity contribution in [3.63, 3.8) is 0 Å². The van der Waals surface area contributed by atoms with Gasteiger partial charge in [-0.25, -0.2) is 0 Å². The molecule has 3 aromatic rings. The average Bonchev–Trinajstić information content (AvgIpc) is 3.57. The lowest BCUT2D eigenvalue weighted by Crippen LogP contribution is -2.49. The van der Waals surface area contributed by atoms with Gasteiger partial charge in [0.05, 0.1) is 11.4 Å². The van der Waals surface area contributed by atoms with Crippen LogP contribution in [0.2, 0.25) is 0 Å². The van der Waals surface area contributed by atoms with Crippen molar-refractivity contribution in [1.29, 1.82) is 0 Å². The van der Waals surface area contributed by atoms with Gasteiger partial charge in [0.1, 0.15) is 6.04 Å². The van der Waals surface area contributed by atoms with Crippen molar-refractivity contribution >= 4 is 34.7 Å². The third-order valence-corrected chi connectivity index (χ3v) is 7.26. The number of carbonyl (C=O) groups is 3. The minimum atomic E-state index is -0.858. The number of nitrogens with one attached hydrogen (secondary N) is 2. The minimum absolute atomic E-state index is 0.114. The maximum Gasteiger partial charge on any atom is 0.261 e. The zero-order chi connectivity index (χ0) is 24.8. The van der Waals surface area contributed by atoms with Gasteiger partial charge in [-0.3, -0.25) is 19.3 Å². The number of aryl methyl sites for hydroxylation is 2. The van der Waals surface area contributed by atoms with Crippen LogP contribution in [-0.4, -0.2) is 30.3 Å². The summed E-state index contributed by atoms with van der Waals surface area (Å²) in [6.45, 7) is 3.69. The molecule has 4 rings (SSSR count). The van der Waals surface area contributed by atoms with Crippen molar-refractivity contribution in [2.75, 3.05) is 11.4 Å². The summed E-state index contributed by atoms with van der Waals surface area (Å²) < 4.78 is 0. The van der Waals surface area contributed by atoms with Crippen LogP contribution in [0.5, 0.6) is 0 Å². The first-order chi connectivity index (χ1) is 16.9. The van der Waals surface area contributed by atoms with Crippen LogP contribution >= 0.6 is 11.3 Å². The maximum absolute atomic E-state index is 13.7. The van der Waals surface area contributed by atoms with Crippen molar-refractivity contribution in [3.05, 3.63) is 87.6 Å². The summed E-state index contributed by atoms with van der Waals surface area (Å²) in [6.07, 6.45) is 4.08. The van der Waals surface area contributed by atoms with Gasteiger partial charge in [-0.05, 0) is 55.3 Å². The normalized spacial score (nSPS) is 14.3. The first kappa shape index (κ1) is 24.7. The topological polar surface area (TPSA) is 78.5 Å². The predicted molar refractivity (Wildman–Crippen MR) is 140 cm³/mol. The molecule has 1 aliphatic rings. The molecule has 1 aromatic heterocycles. The highest BCUT2D eigenvalue weighted by Gasteiger charge is 2.35. The van der Waals surface area contributed by atoms with E-state index in [1.165, 1.54) is 11.3 Å². The molecule has 0 saturated heterocycles. The zero-order valence-corrected chi connectivity index (χ0v) is 20.9. The number of carbonyl (C=O) groups excluding carboxylic acids is 3. The molecule has 0 aliphatic heterocycles. The molecule has 1 unspecified atom stereocenters. The maximum atomic E-state index is 13.7. The molecule has 0 bridgehead atoms. The molecule has 0 spiro atoms. The van der Waals surface area contributed by atoms with E-state index in [0.29, 0.717) is 10.6 Å². The SMILES string of the molecule is Cc1ccc(C(C(=O)NC2CCCC2)N(C(=O)CNC(=O)c2cccs2)c2ccccc2C)cc1. The zero-order valence-electron chi connectivity index (χ0n) is 20.1. The number of anilines is 1. The Kier molecular flexibility index (Phi) is 7.98. The Morgan fingerprint density at radius 1 is 0.971 bits per heavy atom. The van der Waals surface area contributed by atoms with Crippen LogP contribution in [0.15, 0.2) is 66.0 Å². The molecule has 1 saturated carbocycles. The van der Waals surface area contributed by atoms with E-state index in [-0.39, 0.29) is 30.3 Å². The molecule has 2 N–H and O–H groups in total. The Labute approximate surface area is 210 Å². The van der Waals surface area contributed by atoms with Gasteiger partial charge >= 0.3 is 0 Å². The van der Waals surface area contributed by atoms with Crippen molar-refractivity contribution in [1.82, 2.24) is 10.6 Å². The second kappa shape index (κ2) is 11.3. The monoisotopic (exact) mass is 489 g/mol. The number of rotatable bonds is 8. The fraction of sp³-hybridized carbons (Fsp3) is 0.321. The molecule has 0 radical (unpaired) electrons. The number of para-hydroxylation sites is 1. The molecule has 3 amide bonds. The Hall–Kier alpha value is -3.45. The highest BCUT2D eigenvalue weighted by atomic mass is 32.1. The Balaban J connectivity index is 1.69. The molecule has 1 heterocycles. The van der Waals surface area contributed by atoms with E-state index in [1.54, 1.807) is 17.0 Å². The van der Waals surface area contributed by atoms with E-state index in [2.05, 4.69) is 10.6 Å². The lowest BCUT2D eigenvalue weighted by molar-refractivity contribution is -0.126. The van der Waals surface area contributed by atoms with Gasteiger partial charge in [0.2, 0.25) is 11.8 Å². The number of nitrogens with zero attached hydrogens (tertiary/aromatic N) is 1. The number of amides is 3. The smallest absolute Gasteiger partial charge is 0.261 e. The summed E-state index contributed by atoms with van der Waals surface area (Å²) in [5, 5.41) is 7.73. The molecule has 182 valence electrons. The first-order valence-corrected chi connectivity index (χ1v) is 12.9. The van der Waals surface area contributed by atoms with Gasteiger partial charge in [-0.15, -0.1) is 11.3 Å². The molecule has 1 aliphatic carbocycles. The molecule has 7 heteroatoms. The number of hydrogen-bond donors (Lipinski definition) is 2. The first-order valence-electron chi connectivity index (χ1n) is 12.0. The van der Waals surface area contributed by atoms with E-state index in [1.807, 2.05) is 67.8 Å². The van der Waals surface area contributed by atoms with Gasteiger partial charge < -0.3 is 10.6 Å². The number of hydrogen-bond acceptors (Lipinski definition) is 4. The van der Waals surface area contributed by atoms with Gasteiger partial charge in [0, 0.05) is 11.7 Å². The molecular formula is C28H31N3O3S. The summed E-state index contributed by atoms with van der Waals surface area (Å²) in [5.41, 5.74) is 3.32. The fourth-order valence-corrected chi connectivity index (χ4v) is 5.14. The summed E-state index contributed by atoms with van der Waals surface area (Å²) in [4.78, 5) is 42.1. The van der Waals surface area contributed by atoms with Gasteiger partial charge in [0.25, 0.3) is 5.91 Å². The standard InChI is InChI=1S/C28H31N3O3S/c1-19-13-15-21(16-14-19)26(28(34)30-22-9-4-5-10-22)31(23-11-6-3-8-20(23)2)25(32)18-29-27(33)24-12-7-17-35-24/h3,6-8,11-17,22,26H,4-5,9-10,18H2,1-2H3,(H,29,33)(H,30,34). The number of benzene rings is 2. The van der Waals surface area contributed by atoms with Crippen LogP contribution in [-0.2, 0) is 9.59 Å². The van der Waals surface area contributed by atoms with Crippen LogP contribution in [0.25, 0.3) is 0 Å². The van der Waals surface area contributed by atoms with Crippen LogP contribution in [0.1, 0.15) is 58.1 Å². The van der Waals surface area contributed by atoms with E-state index in [4.69, 9.17) is 0 Å². The van der Waals surface area contributed by atoms with E-state index < -0.39 is 6.04 Å². The van der Waals surface area contributed by atoms with E-state index in [9.17, 15) is 14.4 Å². The highest BCUT2D eigenvalue weighted by Crippen LogP contribution is 2.31. The number of thiophene rings is 1. The third kappa shape index (κ3) is 5.98. The van der Waals surface area contributed by atoms with Gasteiger partial charge in [-0.2, -0.15) is 0 Å². The lowest BCUT2D eigenvalue weighted by Gasteiger charge is -2.33. The second-order valence-corrected chi connectivity index (χ2v) is 9.96. The van der Waals surface area contributed by atoms with E-state index in [0.717, 1.165) is 42.4 Å². The van der Waals surface area contributed by atoms with Crippen LogP contribution in [0.4, 0.5) is 5.69 Å².